The van der Waals surface area contributed by atoms with Crippen LogP contribution in [-0.2, 0) is 4.79 Å². The van der Waals surface area contributed by atoms with E-state index in [1.807, 2.05) is 48.5 Å². The number of benzene rings is 3. The third-order valence-corrected chi connectivity index (χ3v) is 6.66. The van der Waals surface area contributed by atoms with Crippen molar-refractivity contribution in [3.63, 3.8) is 0 Å². The van der Waals surface area contributed by atoms with Crippen molar-refractivity contribution in [3.05, 3.63) is 99.2 Å². The number of nitrogens with one attached hydrogen (secondary N) is 2. The van der Waals surface area contributed by atoms with E-state index in [0.717, 1.165) is 34.8 Å². The molecule has 0 bridgehead atoms. The Morgan fingerprint density at radius 1 is 1.03 bits per heavy atom. The number of nitro groups is 1. The van der Waals surface area contributed by atoms with Crippen LogP contribution in [0.3, 0.4) is 0 Å². The van der Waals surface area contributed by atoms with Crippen LogP contribution >= 0.6 is 0 Å². The van der Waals surface area contributed by atoms with Gasteiger partial charge in [-0.1, -0.05) is 37.3 Å². The maximum absolute atomic E-state index is 13.6. The molecule has 0 fully saturated rings. The molecule has 3 N–H and O–H groups in total. The predicted molar refractivity (Wildman–Crippen MR) is 137 cm³/mol. The Morgan fingerprint density at radius 3 is 2.47 bits per heavy atom. The van der Waals surface area contributed by atoms with Crippen LogP contribution in [0.4, 0.5) is 17.1 Å². The lowest BCUT2D eigenvalue weighted by Gasteiger charge is -2.30. The summed E-state index contributed by atoms with van der Waals surface area (Å²) in [5, 5.41) is 28.3. The number of anilines is 2. The average molecular weight is 486 g/mol. The number of para-hydroxylation sites is 2. The first-order chi connectivity index (χ1) is 17.4. The molecule has 0 saturated carbocycles. The number of carbonyl (C=O) groups is 1. The standard InChI is InChI=1S/C28H27N3O5/c1-2-13-36-20-10-7-17(8-11-20)19-14-23-27(26(33)16-19)28(30-22-6-4-3-5-21(22)29-23)18-9-12-25(32)24(15-18)31(34)35/h3-12,15,19,28-30,32H,2,13-14,16H2,1H3. The molecule has 3 aromatic carbocycles. The second-order valence-corrected chi connectivity index (χ2v) is 9.09. The molecule has 8 nitrogen and oxygen atoms in total. The number of hydrogen-bond donors (Lipinski definition) is 3. The van der Waals surface area contributed by atoms with E-state index in [-0.39, 0.29) is 11.7 Å². The first-order valence-corrected chi connectivity index (χ1v) is 12.0. The number of phenolic OH excluding ortho intramolecular Hbond substituents is 1. The van der Waals surface area contributed by atoms with Crippen LogP contribution in [-0.4, -0.2) is 22.4 Å². The molecule has 2 aliphatic rings. The van der Waals surface area contributed by atoms with Crippen molar-refractivity contribution < 1.29 is 19.6 Å². The number of aromatic hydroxyl groups is 1. The van der Waals surface area contributed by atoms with Gasteiger partial charge in [0.2, 0.25) is 0 Å². The highest BCUT2D eigenvalue weighted by molar-refractivity contribution is 6.01. The third-order valence-electron chi connectivity index (χ3n) is 6.66. The first kappa shape index (κ1) is 23.4. The Bertz CT molecular complexity index is 1350. The summed E-state index contributed by atoms with van der Waals surface area (Å²) in [6.45, 7) is 2.72. The van der Waals surface area contributed by atoms with Crippen molar-refractivity contribution in [1.29, 1.82) is 0 Å². The Morgan fingerprint density at radius 2 is 1.75 bits per heavy atom. The molecule has 0 amide bonds. The van der Waals surface area contributed by atoms with Gasteiger partial charge in [0.1, 0.15) is 5.75 Å². The Balaban J connectivity index is 1.54. The van der Waals surface area contributed by atoms with Crippen molar-refractivity contribution in [3.8, 4) is 11.5 Å². The second kappa shape index (κ2) is 9.73. The van der Waals surface area contributed by atoms with E-state index in [1.54, 1.807) is 6.07 Å². The molecule has 36 heavy (non-hydrogen) atoms. The highest BCUT2D eigenvalue weighted by atomic mass is 16.6. The number of allylic oxidation sites excluding steroid dienone is 1. The summed E-state index contributed by atoms with van der Waals surface area (Å²) in [5.74, 6) is 0.360. The van der Waals surface area contributed by atoms with Crippen LogP contribution in [0.15, 0.2) is 78.0 Å². The Kier molecular flexibility index (Phi) is 6.33. The molecule has 2 atom stereocenters. The number of Topliss-reactive ketones (excluding diaryl/α,β-unsaturated/α-hetero) is 1. The van der Waals surface area contributed by atoms with E-state index >= 15 is 0 Å². The summed E-state index contributed by atoms with van der Waals surface area (Å²) < 4.78 is 5.70. The van der Waals surface area contributed by atoms with Gasteiger partial charge in [0.25, 0.3) is 0 Å². The van der Waals surface area contributed by atoms with Gasteiger partial charge in [0, 0.05) is 23.8 Å². The van der Waals surface area contributed by atoms with Gasteiger partial charge in [-0.2, -0.15) is 0 Å². The highest BCUT2D eigenvalue weighted by Crippen LogP contribution is 2.45. The average Bonchev–Trinajstić information content (AvgIpc) is 3.05. The number of ketones is 1. The second-order valence-electron chi connectivity index (χ2n) is 9.09. The van der Waals surface area contributed by atoms with Crippen LogP contribution in [0.2, 0.25) is 0 Å². The molecule has 2 unspecified atom stereocenters. The lowest BCUT2D eigenvalue weighted by atomic mass is 9.78. The van der Waals surface area contributed by atoms with E-state index in [1.165, 1.54) is 12.1 Å². The smallest absolute Gasteiger partial charge is 0.311 e. The SMILES string of the molecule is CCCOc1ccc(C2CC(=O)C3=C(C2)Nc2ccccc2NC3c2ccc(O)c([N+](=O)[O-])c2)cc1. The zero-order valence-electron chi connectivity index (χ0n) is 19.9. The van der Waals surface area contributed by atoms with Gasteiger partial charge in [-0.3, -0.25) is 14.9 Å². The zero-order valence-corrected chi connectivity index (χ0v) is 19.9. The maximum atomic E-state index is 13.6. The molecule has 5 rings (SSSR count). The van der Waals surface area contributed by atoms with Crippen molar-refractivity contribution in [2.75, 3.05) is 17.2 Å². The largest absolute Gasteiger partial charge is 0.502 e. The molecule has 184 valence electrons. The highest BCUT2D eigenvalue weighted by Gasteiger charge is 2.36. The van der Waals surface area contributed by atoms with E-state index in [2.05, 4.69) is 17.6 Å². The Hall–Kier alpha value is -4.33. The number of nitrogens with zero attached hydrogens (tertiary/aromatic N) is 1. The van der Waals surface area contributed by atoms with Gasteiger partial charge in [-0.25, -0.2) is 0 Å². The van der Waals surface area contributed by atoms with Crippen LogP contribution in [0.25, 0.3) is 0 Å². The molecular formula is C28H27N3O5. The fourth-order valence-electron chi connectivity index (χ4n) is 4.90. The molecule has 1 heterocycles. The van der Waals surface area contributed by atoms with Gasteiger partial charge >= 0.3 is 5.69 Å². The molecule has 0 radical (unpaired) electrons. The fourth-order valence-corrected chi connectivity index (χ4v) is 4.90. The van der Waals surface area contributed by atoms with E-state index in [4.69, 9.17) is 4.74 Å². The van der Waals surface area contributed by atoms with Gasteiger partial charge in [-0.15, -0.1) is 0 Å². The van der Waals surface area contributed by atoms with Crippen molar-refractivity contribution in [2.45, 2.75) is 38.1 Å². The quantitative estimate of drug-likeness (QED) is 0.287. The van der Waals surface area contributed by atoms with Gasteiger partial charge in [0.15, 0.2) is 11.5 Å². The van der Waals surface area contributed by atoms with Crippen LogP contribution in [0.1, 0.15) is 49.3 Å². The van der Waals surface area contributed by atoms with Crippen molar-refractivity contribution in [1.82, 2.24) is 0 Å². The molecule has 0 aromatic heterocycles. The summed E-state index contributed by atoms with van der Waals surface area (Å²) in [4.78, 5) is 24.5. The zero-order chi connectivity index (χ0) is 25.2. The monoisotopic (exact) mass is 485 g/mol. The summed E-state index contributed by atoms with van der Waals surface area (Å²) in [5.41, 5.74) is 4.17. The van der Waals surface area contributed by atoms with E-state index in [9.17, 15) is 20.0 Å². The summed E-state index contributed by atoms with van der Waals surface area (Å²) in [7, 11) is 0. The number of phenols is 1. The number of hydrogen-bond acceptors (Lipinski definition) is 7. The van der Waals surface area contributed by atoms with E-state index in [0.29, 0.717) is 30.6 Å². The van der Waals surface area contributed by atoms with E-state index < -0.39 is 22.4 Å². The number of carbonyl (C=O) groups excluding carboxylic acids is 1. The molecule has 3 aromatic rings. The van der Waals surface area contributed by atoms with Gasteiger partial charge in [0.05, 0.1) is 28.9 Å². The molecule has 1 aliphatic carbocycles. The molecular weight excluding hydrogens is 458 g/mol. The molecule has 1 aliphatic heterocycles. The number of fused-ring (bicyclic) bond motifs is 1. The number of rotatable bonds is 6. The van der Waals surface area contributed by atoms with Crippen molar-refractivity contribution in [2.24, 2.45) is 0 Å². The minimum atomic E-state index is -0.621. The molecule has 8 heteroatoms. The summed E-state index contributed by atoms with van der Waals surface area (Å²) in [6, 6.07) is 19.2. The third kappa shape index (κ3) is 4.49. The lowest BCUT2D eigenvalue weighted by molar-refractivity contribution is -0.385. The lowest BCUT2D eigenvalue weighted by Crippen LogP contribution is -2.26. The minimum absolute atomic E-state index is 0.0101. The van der Waals surface area contributed by atoms with Gasteiger partial charge < -0.3 is 20.5 Å². The molecule has 0 spiro atoms. The van der Waals surface area contributed by atoms with Crippen LogP contribution in [0.5, 0.6) is 11.5 Å². The number of ether oxygens (including phenoxy) is 1. The summed E-state index contributed by atoms with van der Waals surface area (Å²) >= 11 is 0. The number of nitro benzene ring substituents is 1. The fraction of sp³-hybridized carbons (Fsp3) is 0.250. The van der Waals surface area contributed by atoms with Crippen molar-refractivity contribution >= 4 is 22.8 Å². The molecule has 0 saturated heterocycles. The normalized spacial score (nSPS) is 18.9. The summed E-state index contributed by atoms with van der Waals surface area (Å²) in [6.07, 6.45) is 1.87. The topological polar surface area (TPSA) is 114 Å². The first-order valence-electron chi connectivity index (χ1n) is 12.0. The van der Waals surface area contributed by atoms with Crippen LogP contribution in [0, 0.1) is 10.1 Å². The van der Waals surface area contributed by atoms with Gasteiger partial charge in [-0.05, 0) is 60.2 Å². The Labute approximate surface area is 208 Å². The van der Waals surface area contributed by atoms with Crippen LogP contribution < -0.4 is 15.4 Å². The predicted octanol–water partition coefficient (Wildman–Crippen LogP) is 6.07. The minimum Gasteiger partial charge on any atom is -0.502 e. The maximum Gasteiger partial charge on any atom is 0.311 e.